The molecule has 0 atom stereocenters. The number of benzene rings is 1. The lowest BCUT2D eigenvalue weighted by molar-refractivity contribution is 0.287. The van der Waals surface area contributed by atoms with Crippen LogP contribution in [0.3, 0.4) is 0 Å². The van der Waals surface area contributed by atoms with Gasteiger partial charge in [0.15, 0.2) is 17.5 Å². The van der Waals surface area contributed by atoms with Crippen molar-refractivity contribution in [3.63, 3.8) is 0 Å². The second-order valence-corrected chi connectivity index (χ2v) is 5.97. The van der Waals surface area contributed by atoms with E-state index in [-0.39, 0.29) is 24.0 Å². The van der Waals surface area contributed by atoms with Crippen molar-refractivity contribution < 1.29 is 9.47 Å². The molecule has 0 aliphatic heterocycles. The number of aryl methyl sites for hydroxylation is 1. The lowest BCUT2D eigenvalue weighted by Crippen LogP contribution is -2.38. The molecule has 0 saturated carbocycles. The highest BCUT2D eigenvalue weighted by Crippen LogP contribution is 2.28. The number of guanidine groups is 1. The summed E-state index contributed by atoms with van der Waals surface area (Å²) in [5.41, 5.74) is 2.26. The third-order valence-corrected chi connectivity index (χ3v) is 3.98. The predicted octanol–water partition coefficient (Wildman–Crippen LogP) is 3.13. The van der Waals surface area contributed by atoms with Gasteiger partial charge in [0.05, 0.1) is 25.5 Å². The van der Waals surface area contributed by atoms with Crippen LogP contribution < -0.4 is 20.1 Å². The van der Waals surface area contributed by atoms with Crippen LogP contribution in [0, 0.1) is 0 Å². The van der Waals surface area contributed by atoms with Crippen molar-refractivity contribution in [3.8, 4) is 11.5 Å². The number of ether oxygens (including phenoxy) is 2. The number of hydrogen-bond donors (Lipinski definition) is 2. The summed E-state index contributed by atoms with van der Waals surface area (Å²) >= 11 is 0. The van der Waals surface area contributed by atoms with Gasteiger partial charge in [-0.2, -0.15) is 5.10 Å². The molecule has 1 heterocycles. The zero-order valence-electron chi connectivity index (χ0n) is 17.2. The molecule has 28 heavy (non-hydrogen) atoms. The molecule has 0 aliphatic rings. The molecule has 2 N–H and O–H groups in total. The molecule has 0 unspecified atom stereocenters. The van der Waals surface area contributed by atoms with E-state index in [1.165, 1.54) is 5.56 Å². The molecule has 1 aromatic carbocycles. The molecular formula is C20H32IN5O2. The third-order valence-electron chi connectivity index (χ3n) is 3.98. The van der Waals surface area contributed by atoms with Crippen molar-refractivity contribution in [2.45, 2.75) is 33.7 Å². The zero-order chi connectivity index (χ0) is 19.5. The van der Waals surface area contributed by atoms with E-state index in [0.29, 0.717) is 19.8 Å². The molecule has 156 valence electrons. The Balaban J connectivity index is 0.00000392. The van der Waals surface area contributed by atoms with E-state index in [9.17, 15) is 0 Å². The van der Waals surface area contributed by atoms with Gasteiger partial charge in [0.25, 0.3) is 0 Å². The van der Waals surface area contributed by atoms with E-state index in [1.54, 1.807) is 6.20 Å². The number of aromatic nitrogens is 2. The summed E-state index contributed by atoms with van der Waals surface area (Å²) < 4.78 is 13.2. The molecular weight excluding hydrogens is 469 g/mol. The first kappa shape index (κ1) is 24.1. The summed E-state index contributed by atoms with van der Waals surface area (Å²) in [5.74, 6) is 2.39. The summed E-state index contributed by atoms with van der Waals surface area (Å²) in [4.78, 5) is 4.62. The number of halogens is 1. The summed E-state index contributed by atoms with van der Waals surface area (Å²) in [7, 11) is 1.92. The maximum Gasteiger partial charge on any atom is 0.191 e. The van der Waals surface area contributed by atoms with Crippen LogP contribution in [-0.2, 0) is 20.0 Å². The van der Waals surface area contributed by atoms with Crippen LogP contribution in [0.25, 0.3) is 0 Å². The fourth-order valence-electron chi connectivity index (χ4n) is 2.63. The maximum absolute atomic E-state index is 5.70. The minimum absolute atomic E-state index is 0. The number of hydrogen-bond acceptors (Lipinski definition) is 4. The van der Waals surface area contributed by atoms with Crippen molar-refractivity contribution in [3.05, 3.63) is 41.7 Å². The van der Waals surface area contributed by atoms with E-state index >= 15 is 0 Å². The van der Waals surface area contributed by atoms with Crippen molar-refractivity contribution >= 4 is 29.9 Å². The van der Waals surface area contributed by atoms with Gasteiger partial charge in [-0.1, -0.05) is 6.07 Å². The molecule has 0 aliphatic carbocycles. The molecule has 0 saturated heterocycles. The van der Waals surface area contributed by atoms with Gasteiger partial charge in [-0.05, 0) is 51.0 Å². The van der Waals surface area contributed by atoms with Gasteiger partial charge in [-0.25, -0.2) is 4.99 Å². The van der Waals surface area contributed by atoms with Crippen LogP contribution in [0.1, 0.15) is 32.0 Å². The second kappa shape index (κ2) is 13.2. The smallest absolute Gasteiger partial charge is 0.191 e. The summed E-state index contributed by atoms with van der Waals surface area (Å²) in [6.07, 6.45) is 2.65. The fourth-order valence-corrected chi connectivity index (χ4v) is 2.63. The largest absolute Gasteiger partial charge is 0.490 e. The van der Waals surface area contributed by atoms with Crippen LogP contribution in [0.4, 0.5) is 0 Å². The van der Waals surface area contributed by atoms with Gasteiger partial charge < -0.3 is 20.1 Å². The number of nitrogens with zero attached hydrogens (tertiary/aromatic N) is 3. The van der Waals surface area contributed by atoms with E-state index in [0.717, 1.165) is 42.7 Å². The summed E-state index contributed by atoms with van der Waals surface area (Å²) in [5, 5.41) is 10.8. The van der Waals surface area contributed by atoms with Crippen LogP contribution in [0.15, 0.2) is 35.5 Å². The Kier molecular flexibility index (Phi) is 11.4. The van der Waals surface area contributed by atoms with Crippen molar-refractivity contribution in [2.24, 2.45) is 12.0 Å². The average Bonchev–Trinajstić information content (AvgIpc) is 3.07. The van der Waals surface area contributed by atoms with Gasteiger partial charge >= 0.3 is 0 Å². The monoisotopic (exact) mass is 501 g/mol. The Morgan fingerprint density at radius 3 is 2.46 bits per heavy atom. The molecule has 7 nitrogen and oxygen atoms in total. The minimum atomic E-state index is 0. The third kappa shape index (κ3) is 7.57. The maximum atomic E-state index is 5.70. The SMILES string of the molecule is CCNC(=NCc1ccnn1C)NCCc1ccc(OCC)c(OCC)c1.I. The first-order valence-corrected chi connectivity index (χ1v) is 9.55. The van der Waals surface area contributed by atoms with Crippen molar-refractivity contribution in [2.75, 3.05) is 26.3 Å². The Labute approximate surface area is 184 Å². The topological polar surface area (TPSA) is 72.7 Å². The first-order valence-electron chi connectivity index (χ1n) is 9.55. The van der Waals surface area contributed by atoms with Crippen LogP contribution in [0.2, 0.25) is 0 Å². The van der Waals surface area contributed by atoms with Gasteiger partial charge in [-0.15, -0.1) is 24.0 Å². The van der Waals surface area contributed by atoms with Crippen molar-refractivity contribution in [1.82, 2.24) is 20.4 Å². The standard InChI is InChI=1S/C20H31N5O2.HI/c1-5-21-20(23-15-17-11-13-24-25(17)4)22-12-10-16-8-9-18(26-6-2)19(14-16)27-7-3;/h8-9,11,13-14H,5-7,10,12,15H2,1-4H3,(H2,21,22,23);1H. The molecule has 8 heteroatoms. The average molecular weight is 501 g/mol. The lowest BCUT2D eigenvalue weighted by atomic mass is 10.1. The predicted molar refractivity (Wildman–Crippen MR) is 124 cm³/mol. The highest BCUT2D eigenvalue weighted by Gasteiger charge is 2.07. The van der Waals surface area contributed by atoms with E-state index in [4.69, 9.17) is 9.47 Å². The van der Waals surface area contributed by atoms with Crippen LogP contribution in [0.5, 0.6) is 11.5 Å². The molecule has 1 aromatic heterocycles. The molecule has 0 amide bonds. The summed E-state index contributed by atoms with van der Waals surface area (Å²) in [6, 6.07) is 8.08. The molecule has 2 rings (SSSR count). The molecule has 0 fully saturated rings. The molecule has 0 radical (unpaired) electrons. The van der Waals surface area contributed by atoms with Gasteiger partial charge in [0.2, 0.25) is 0 Å². The Bertz CT molecular complexity index is 733. The highest BCUT2D eigenvalue weighted by molar-refractivity contribution is 14.0. The van der Waals surface area contributed by atoms with Gasteiger partial charge in [0, 0.05) is 26.3 Å². The first-order chi connectivity index (χ1) is 13.2. The van der Waals surface area contributed by atoms with Crippen LogP contribution in [-0.4, -0.2) is 42.0 Å². The Hall–Kier alpha value is -1.97. The highest BCUT2D eigenvalue weighted by atomic mass is 127. The molecule has 0 spiro atoms. The van der Waals surface area contributed by atoms with Gasteiger partial charge in [0.1, 0.15) is 0 Å². The van der Waals surface area contributed by atoms with E-state index < -0.39 is 0 Å². The Morgan fingerprint density at radius 2 is 1.82 bits per heavy atom. The fraction of sp³-hybridized carbons (Fsp3) is 0.500. The molecule has 0 bridgehead atoms. The number of rotatable bonds is 10. The quantitative estimate of drug-likeness (QED) is 0.298. The van der Waals surface area contributed by atoms with Crippen molar-refractivity contribution in [1.29, 1.82) is 0 Å². The molecule has 2 aromatic rings. The second-order valence-electron chi connectivity index (χ2n) is 5.97. The van der Waals surface area contributed by atoms with E-state index in [1.807, 2.05) is 37.7 Å². The van der Waals surface area contributed by atoms with Gasteiger partial charge in [-0.3, -0.25) is 4.68 Å². The summed E-state index contributed by atoms with van der Waals surface area (Å²) in [6.45, 7) is 9.43. The van der Waals surface area contributed by atoms with Crippen LogP contribution >= 0.6 is 24.0 Å². The Morgan fingerprint density at radius 1 is 1.07 bits per heavy atom. The number of aliphatic imine (C=N–C) groups is 1. The zero-order valence-corrected chi connectivity index (χ0v) is 19.5. The normalized spacial score (nSPS) is 10.9. The number of nitrogens with one attached hydrogen (secondary N) is 2. The van der Waals surface area contributed by atoms with E-state index in [2.05, 4.69) is 39.8 Å². The minimum Gasteiger partial charge on any atom is -0.490 e. The lowest BCUT2D eigenvalue weighted by Gasteiger charge is -2.14.